The van der Waals surface area contributed by atoms with E-state index >= 15 is 0 Å². The number of fused-ring (bicyclic) bond motifs is 1. The van der Waals surface area contributed by atoms with Crippen LogP contribution in [0.1, 0.15) is 49.4 Å². The zero-order chi connectivity index (χ0) is 24.8. The van der Waals surface area contributed by atoms with Crippen LogP contribution in [0.5, 0.6) is 11.5 Å². The summed E-state index contributed by atoms with van der Waals surface area (Å²) in [6.07, 6.45) is 2.47. The van der Waals surface area contributed by atoms with Crippen LogP contribution in [0.25, 0.3) is 0 Å². The first kappa shape index (κ1) is 24.6. The Hall–Kier alpha value is -3.47. The lowest BCUT2D eigenvalue weighted by Gasteiger charge is -2.25. The van der Waals surface area contributed by atoms with E-state index in [4.69, 9.17) is 9.47 Å². The fourth-order valence-corrected chi connectivity index (χ4v) is 4.34. The Morgan fingerprint density at radius 1 is 0.971 bits per heavy atom. The van der Waals surface area contributed by atoms with Gasteiger partial charge in [0.15, 0.2) is 5.75 Å². The molecule has 0 radical (unpaired) electrons. The predicted octanol–water partition coefficient (Wildman–Crippen LogP) is 6.59. The highest BCUT2D eigenvalue weighted by Gasteiger charge is 2.21. The molecular formula is C30H36N2O3. The van der Waals surface area contributed by atoms with Gasteiger partial charge < -0.3 is 19.7 Å². The molecule has 35 heavy (non-hydrogen) atoms. The first-order chi connectivity index (χ1) is 16.8. The Morgan fingerprint density at radius 3 is 2.37 bits per heavy atom. The van der Waals surface area contributed by atoms with Crippen molar-refractivity contribution in [3.8, 4) is 11.5 Å². The van der Waals surface area contributed by atoms with Crippen LogP contribution in [0.3, 0.4) is 0 Å². The second kappa shape index (κ2) is 10.9. The summed E-state index contributed by atoms with van der Waals surface area (Å²) in [5, 5.41) is 3.41. The highest BCUT2D eigenvalue weighted by atomic mass is 16.6. The van der Waals surface area contributed by atoms with Crippen molar-refractivity contribution in [1.82, 2.24) is 4.90 Å². The number of anilines is 1. The van der Waals surface area contributed by atoms with Gasteiger partial charge in [-0.1, -0.05) is 69.3 Å². The number of methoxy groups -OCH3 is 1. The number of nitrogens with one attached hydrogen (secondary N) is 1. The van der Waals surface area contributed by atoms with E-state index in [1.54, 1.807) is 12.0 Å². The molecule has 1 amide bonds. The number of carbonyl (C=O) groups excluding carboxylic acids is 1. The van der Waals surface area contributed by atoms with Crippen LogP contribution >= 0.6 is 0 Å². The molecule has 5 nitrogen and oxygen atoms in total. The number of aryl methyl sites for hydroxylation is 1. The van der Waals surface area contributed by atoms with E-state index in [9.17, 15) is 4.79 Å². The molecule has 4 rings (SSSR count). The van der Waals surface area contributed by atoms with Gasteiger partial charge in [0.25, 0.3) is 0 Å². The number of benzene rings is 3. The quantitative estimate of drug-likeness (QED) is 0.421. The van der Waals surface area contributed by atoms with E-state index in [0.717, 1.165) is 48.4 Å². The molecule has 0 atom stereocenters. The van der Waals surface area contributed by atoms with E-state index < -0.39 is 0 Å². The molecular weight excluding hydrogens is 436 g/mol. The van der Waals surface area contributed by atoms with E-state index in [-0.39, 0.29) is 11.5 Å². The van der Waals surface area contributed by atoms with Crippen molar-refractivity contribution in [2.45, 2.75) is 52.0 Å². The molecule has 0 spiro atoms. The standard InChI is InChI=1S/C30H36N2O3/c1-30(2,3)25-14-10-23(11-15-25)21-32(20-18-22-12-16-26(34-4)17-13-22)29(33)35-27-9-5-7-24-8-6-19-31-28(24)27/h5,7,9-17,31H,6,8,18-21H2,1-4H3. The average Bonchev–Trinajstić information content (AvgIpc) is 2.87. The summed E-state index contributed by atoms with van der Waals surface area (Å²) >= 11 is 0. The summed E-state index contributed by atoms with van der Waals surface area (Å²) in [4.78, 5) is 15.2. The van der Waals surface area contributed by atoms with Gasteiger partial charge in [-0.2, -0.15) is 0 Å². The van der Waals surface area contributed by atoms with Crippen molar-refractivity contribution < 1.29 is 14.3 Å². The minimum Gasteiger partial charge on any atom is -0.497 e. The van der Waals surface area contributed by atoms with Gasteiger partial charge in [0.05, 0.1) is 12.8 Å². The van der Waals surface area contributed by atoms with E-state index in [1.165, 1.54) is 11.1 Å². The third-order valence-electron chi connectivity index (χ3n) is 6.52. The second-order valence-electron chi connectivity index (χ2n) is 10.2. The SMILES string of the molecule is COc1ccc(CCN(Cc2ccc(C(C)(C)C)cc2)C(=O)Oc2cccc3c2NCCC3)cc1. The molecule has 3 aromatic rings. The van der Waals surface area contributed by atoms with Crippen molar-refractivity contribution >= 4 is 11.8 Å². The Labute approximate surface area is 209 Å². The van der Waals surface area contributed by atoms with Gasteiger partial charge in [-0.3, -0.25) is 0 Å². The van der Waals surface area contributed by atoms with E-state index in [1.807, 2.05) is 36.4 Å². The number of rotatable bonds is 7. The summed E-state index contributed by atoms with van der Waals surface area (Å²) in [6.45, 7) is 8.54. The molecule has 0 fully saturated rings. The molecule has 3 aromatic carbocycles. The smallest absolute Gasteiger partial charge is 0.415 e. The summed E-state index contributed by atoms with van der Waals surface area (Å²) in [7, 11) is 1.66. The molecule has 0 unspecified atom stereocenters. The molecule has 0 bridgehead atoms. The zero-order valence-corrected chi connectivity index (χ0v) is 21.3. The van der Waals surface area contributed by atoms with Gasteiger partial charge in [0, 0.05) is 19.6 Å². The highest BCUT2D eigenvalue weighted by Crippen LogP contribution is 2.32. The van der Waals surface area contributed by atoms with Gasteiger partial charge in [-0.15, -0.1) is 0 Å². The third kappa shape index (κ3) is 6.36. The number of nitrogens with zero attached hydrogens (tertiary/aromatic N) is 1. The maximum absolute atomic E-state index is 13.4. The van der Waals surface area contributed by atoms with Crippen LogP contribution in [0.4, 0.5) is 10.5 Å². The average molecular weight is 473 g/mol. The number of carbonyl (C=O) groups is 1. The first-order valence-electron chi connectivity index (χ1n) is 12.4. The molecule has 184 valence electrons. The number of ether oxygens (including phenoxy) is 2. The monoisotopic (exact) mass is 472 g/mol. The molecule has 5 heteroatoms. The number of hydrogen-bond acceptors (Lipinski definition) is 4. The maximum atomic E-state index is 13.4. The fourth-order valence-electron chi connectivity index (χ4n) is 4.34. The number of hydrogen-bond donors (Lipinski definition) is 1. The zero-order valence-electron chi connectivity index (χ0n) is 21.3. The van der Waals surface area contributed by atoms with Crippen molar-refractivity contribution in [2.75, 3.05) is 25.5 Å². The molecule has 1 aliphatic heterocycles. The lowest BCUT2D eigenvalue weighted by atomic mass is 9.87. The molecule has 1 heterocycles. The largest absolute Gasteiger partial charge is 0.497 e. The Morgan fingerprint density at radius 2 is 1.69 bits per heavy atom. The Balaban J connectivity index is 1.52. The van der Waals surface area contributed by atoms with Gasteiger partial charge in [-0.25, -0.2) is 4.79 Å². The Kier molecular flexibility index (Phi) is 7.64. The predicted molar refractivity (Wildman–Crippen MR) is 142 cm³/mol. The van der Waals surface area contributed by atoms with Crippen molar-refractivity contribution in [3.63, 3.8) is 0 Å². The topological polar surface area (TPSA) is 50.8 Å². The van der Waals surface area contributed by atoms with Gasteiger partial charge in [0.1, 0.15) is 5.75 Å². The number of amides is 1. The summed E-state index contributed by atoms with van der Waals surface area (Å²) in [5.74, 6) is 1.43. The third-order valence-corrected chi connectivity index (χ3v) is 6.52. The van der Waals surface area contributed by atoms with Crippen LogP contribution in [0.2, 0.25) is 0 Å². The maximum Gasteiger partial charge on any atom is 0.415 e. The molecule has 0 aromatic heterocycles. The molecule has 0 saturated heterocycles. The van der Waals surface area contributed by atoms with E-state index in [0.29, 0.717) is 18.8 Å². The summed E-state index contributed by atoms with van der Waals surface area (Å²) in [6, 6.07) is 22.4. The minimum absolute atomic E-state index is 0.0882. The van der Waals surface area contributed by atoms with Crippen LogP contribution < -0.4 is 14.8 Å². The Bertz CT molecular complexity index is 1130. The highest BCUT2D eigenvalue weighted by molar-refractivity contribution is 5.75. The van der Waals surface area contributed by atoms with Gasteiger partial charge >= 0.3 is 6.09 Å². The summed E-state index contributed by atoms with van der Waals surface area (Å²) in [5.41, 5.74) is 5.73. The molecule has 0 saturated carbocycles. The molecule has 1 aliphatic rings. The molecule has 0 aliphatic carbocycles. The molecule has 1 N–H and O–H groups in total. The van der Waals surface area contributed by atoms with Crippen LogP contribution in [0, 0.1) is 0 Å². The first-order valence-corrected chi connectivity index (χ1v) is 12.4. The number of para-hydroxylation sites is 1. The van der Waals surface area contributed by atoms with Crippen LogP contribution in [-0.4, -0.2) is 31.2 Å². The van der Waals surface area contributed by atoms with Crippen LogP contribution in [0.15, 0.2) is 66.7 Å². The van der Waals surface area contributed by atoms with Crippen molar-refractivity contribution in [2.24, 2.45) is 0 Å². The lowest BCUT2D eigenvalue weighted by molar-refractivity contribution is 0.150. The van der Waals surface area contributed by atoms with Crippen molar-refractivity contribution in [1.29, 1.82) is 0 Å². The lowest BCUT2D eigenvalue weighted by Crippen LogP contribution is -2.35. The normalized spacial score (nSPS) is 12.9. The van der Waals surface area contributed by atoms with Gasteiger partial charge in [-0.05, 0) is 65.1 Å². The van der Waals surface area contributed by atoms with Gasteiger partial charge in [0.2, 0.25) is 0 Å². The van der Waals surface area contributed by atoms with Crippen LogP contribution in [-0.2, 0) is 24.8 Å². The fraction of sp³-hybridized carbons (Fsp3) is 0.367. The van der Waals surface area contributed by atoms with Crippen molar-refractivity contribution in [3.05, 3.63) is 89.0 Å². The summed E-state index contributed by atoms with van der Waals surface area (Å²) < 4.78 is 11.2. The van der Waals surface area contributed by atoms with E-state index in [2.05, 4.69) is 56.4 Å². The second-order valence-corrected chi connectivity index (χ2v) is 10.2. The minimum atomic E-state index is -0.334.